The average Bonchev–Trinajstić information content (AvgIpc) is 2.39. The van der Waals surface area contributed by atoms with Gasteiger partial charge in [0.1, 0.15) is 0 Å². The Morgan fingerprint density at radius 3 is 2.40 bits per heavy atom. The molecule has 1 aliphatic carbocycles. The van der Waals surface area contributed by atoms with Gasteiger partial charge in [-0.25, -0.2) is 5.48 Å². The Hall–Kier alpha value is -0.0800. The number of nitrogens with one attached hydrogen (secondary N) is 1. The summed E-state index contributed by atoms with van der Waals surface area (Å²) in [6.07, 6.45) is 7.92. The summed E-state index contributed by atoms with van der Waals surface area (Å²) in [5.74, 6) is 0. The second kappa shape index (κ2) is 2.51. The van der Waals surface area contributed by atoms with Crippen LogP contribution in [0.15, 0.2) is 0 Å². The molecule has 0 radical (unpaired) electrons. The van der Waals surface area contributed by atoms with Crippen LogP contribution in [0.1, 0.15) is 38.5 Å². The van der Waals surface area contributed by atoms with Gasteiger partial charge in [-0.2, -0.15) is 0 Å². The second-order valence-corrected chi connectivity index (χ2v) is 3.49. The van der Waals surface area contributed by atoms with Crippen molar-refractivity contribution < 1.29 is 4.84 Å². The first kappa shape index (κ1) is 6.62. The SMILES string of the molecule is C1CCC2(CC1)CCNO2. The molecule has 0 aromatic carbocycles. The van der Waals surface area contributed by atoms with Gasteiger partial charge in [-0.3, -0.25) is 4.84 Å². The van der Waals surface area contributed by atoms with Gasteiger partial charge in [0, 0.05) is 6.54 Å². The molecule has 0 amide bonds. The summed E-state index contributed by atoms with van der Waals surface area (Å²) in [4.78, 5) is 5.53. The quantitative estimate of drug-likeness (QED) is 0.553. The molecule has 10 heavy (non-hydrogen) atoms. The Kier molecular flexibility index (Phi) is 1.66. The third-order valence-corrected chi connectivity index (χ3v) is 2.74. The van der Waals surface area contributed by atoms with Crippen LogP contribution in [-0.2, 0) is 4.84 Å². The van der Waals surface area contributed by atoms with Crippen LogP contribution < -0.4 is 5.48 Å². The summed E-state index contributed by atoms with van der Waals surface area (Å²) in [6, 6.07) is 0. The van der Waals surface area contributed by atoms with Crippen LogP contribution >= 0.6 is 0 Å². The fourth-order valence-corrected chi connectivity index (χ4v) is 2.08. The van der Waals surface area contributed by atoms with Gasteiger partial charge >= 0.3 is 0 Å². The molecule has 0 bridgehead atoms. The lowest BCUT2D eigenvalue weighted by molar-refractivity contribution is -0.0741. The normalized spacial score (nSPS) is 31.2. The lowest BCUT2D eigenvalue weighted by atomic mass is 9.83. The minimum Gasteiger partial charge on any atom is -0.295 e. The Morgan fingerprint density at radius 1 is 1.00 bits per heavy atom. The first-order chi connectivity index (χ1) is 4.91. The summed E-state index contributed by atoms with van der Waals surface area (Å²) >= 11 is 0. The largest absolute Gasteiger partial charge is 0.295 e. The van der Waals surface area contributed by atoms with Crippen molar-refractivity contribution in [2.24, 2.45) is 0 Å². The Labute approximate surface area is 61.9 Å². The number of hydrogen-bond donors (Lipinski definition) is 1. The van der Waals surface area contributed by atoms with Crippen molar-refractivity contribution in [1.29, 1.82) is 0 Å². The van der Waals surface area contributed by atoms with Crippen LogP contribution in [0.25, 0.3) is 0 Å². The van der Waals surface area contributed by atoms with Crippen molar-refractivity contribution in [3.63, 3.8) is 0 Å². The maximum absolute atomic E-state index is 5.53. The number of hydroxylamine groups is 1. The zero-order valence-corrected chi connectivity index (χ0v) is 6.36. The molecule has 2 rings (SSSR count). The molecule has 0 atom stereocenters. The molecule has 1 aliphatic heterocycles. The third-order valence-electron chi connectivity index (χ3n) is 2.74. The molecule has 1 heterocycles. The van der Waals surface area contributed by atoms with E-state index in [1.807, 2.05) is 0 Å². The van der Waals surface area contributed by atoms with E-state index in [1.165, 1.54) is 38.5 Å². The molecule has 1 saturated heterocycles. The molecule has 1 saturated carbocycles. The first-order valence-electron chi connectivity index (χ1n) is 4.32. The first-order valence-corrected chi connectivity index (χ1v) is 4.32. The minimum atomic E-state index is 0.262. The van der Waals surface area contributed by atoms with Crippen molar-refractivity contribution in [3.05, 3.63) is 0 Å². The molecule has 0 unspecified atom stereocenters. The van der Waals surface area contributed by atoms with Gasteiger partial charge < -0.3 is 0 Å². The van der Waals surface area contributed by atoms with E-state index in [0.29, 0.717) is 0 Å². The maximum Gasteiger partial charge on any atom is 0.0909 e. The van der Waals surface area contributed by atoms with Crippen LogP contribution in [0.3, 0.4) is 0 Å². The molecule has 1 spiro atoms. The number of rotatable bonds is 0. The molecular weight excluding hydrogens is 126 g/mol. The van der Waals surface area contributed by atoms with Crippen LogP contribution in [0.2, 0.25) is 0 Å². The monoisotopic (exact) mass is 141 g/mol. The van der Waals surface area contributed by atoms with E-state index in [-0.39, 0.29) is 5.60 Å². The Balaban J connectivity index is 1.98. The lowest BCUT2D eigenvalue weighted by Crippen LogP contribution is -2.31. The summed E-state index contributed by atoms with van der Waals surface area (Å²) in [5, 5.41) is 0. The average molecular weight is 141 g/mol. The highest BCUT2D eigenvalue weighted by Crippen LogP contribution is 2.35. The smallest absolute Gasteiger partial charge is 0.0909 e. The summed E-state index contributed by atoms with van der Waals surface area (Å²) < 4.78 is 0. The Morgan fingerprint density at radius 2 is 1.80 bits per heavy atom. The van der Waals surface area contributed by atoms with Gasteiger partial charge in [-0.15, -0.1) is 0 Å². The highest BCUT2D eigenvalue weighted by molar-refractivity contribution is 4.86. The predicted molar refractivity (Wildman–Crippen MR) is 39.5 cm³/mol. The van der Waals surface area contributed by atoms with E-state index in [9.17, 15) is 0 Å². The topological polar surface area (TPSA) is 21.3 Å². The van der Waals surface area contributed by atoms with Gasteiger partial charge in [0.05, 0.1) is 5.60 Å². The fraction of sp³-hybridized carbons (Fsp3) is 1.00. The van der Waals surface area contributed by atoms with E-state index in [1.54, 1.807) is 0 Å². The molecule has 0 aromatic rings. The molecular formula is C8H15NO. The predicted octanol–water partition coefficient (Wildman–Crippen LogP) is 1.61. The molecule has 58 valence electrons. The van der Waals surface area contributed by atoms with Gasteiger partial charge in [0.2, 0.25) is 0 Å². The molecule has 2 heteroatoms. The van der Waals surface area contributed by atoms with Crippen molar-refractivity contribution in [2.45, 2.75) is 44.1 Å². The minimum absolute atomic E-state index is 0.262. The zero-order chi connectivity index (χ0) is 6.86. The van der Waals surface area contributed by atoms with E-state index < -0.39 is 0 Å². The third kappa shape index (κ3) is 1.06. The van der Waals surface area contributed by atoms with E-state index in [4.69, 9.17) is 4.84 Å². The van der Waals surface area contributed by atoms with Crippen LogP contribution in [0, 0.1) is 0 Å². The zero-order valence-electron chi connectivity index (χ0n) is 6.36. The van der Waals surface area contributed by atoms with Gasteiger partial charge in [-0.1, -0.05) is 19.3 Å². The van der Waals surface area contributed by atoms with Gasteiger partial charge in [0.25, 0.3) is 0 Å². The van der Waals surface area contributed by atoms with E-state index in [2.05, 4.69) is 5.48 Å². The second-order valence-electron chi connectivity index (χ2n) is 3.49. The highest BCUT2D eigenvalue weighted by Gasteiger charge is 2.36. The fourth-order valence-electron chi connectivity index (χ4n) is 2.08. The summed E-state index contributed by atoms with van der Waals surface area (Å²) in [7, 11) is 0. The lowest BCUT2D eigenvalue weighted by Gasteiger charge is -2.30. The van der Waals surface area contributed by atoms with Crippen molar-refractivity contribution in [2.75, 3.05) is 6.54 Å². The van der Waals surface area contributed by atoms with Crippen LogP contribution in [0.5, 0.6) is 0 Å². The molecule has 2 nitrogen and oxygen atoms in total. The molecule has 2 aliphatic rings. The van der Waals surface area contributed by atoms with Crippen molar-refractivity contribution >= 4 is 0 Å². The maximum atomic E-state index is 5.53. The van der Waals surface area contributed by atoms with E-state index >= 15 is 0 Å². The summed E-state index contributed by atoms with van der Waals surface area (Å²) in [6.45, 7) is 1.06. The summed E-state index contributed by atoms with van der Waals surface area (Å²) in [5.41, 5.74) is 3.24. The van der Waals surface area contributed by atoms with Gasteiger partial charge in [-0.05, 0) is 19.3 Å². The van der Waals surface area contributed by atoms with Crippen LogP contribution in [0.4, 0.5) is 0 Å². The molecule has 0 aromatic heterocycles. The number of hydrogen-bond acceptors (Lipinski definition) is 2. The van der Waals surface area contributed by atoms with Gasteiger partial charge in [0.15, 0.2) is 0 Å². The molecule has 1 N–H and O–H groups in total. The standard InChI is InChI=1S/C8H15NO/c1-2-4-8(5-3-1)6-7-9-10-8/h9H,1-7H2. The van der Waals surface area contributed by atoms with Crippen molar-refractivity contribution in [3.8, 4) is 0 Å². The van der Waals surface area contributed by atoms with E-state index in [0.717, 1.165) is 6.54 Å². The molecule has 2 fully saturated rings. The van der Waals surface area contributed by atoms with Crippen molar-refractivity contribution in [1.82, 2.24) is 5.48 Å². The van der Waals surface area contributed by atoms with Crippen LogP contribution in [-0.4, -0.2) is 12.1 Å². The Bertz CT molecular complexity index is 110. The highest BCUT2D eigenvalue weighted by atomic mass is 16.7.